The van der Waals surface area contributed by atoms with Crippen molar-refractivity contribution in [3.05, 3.63) is 11.9 Å². The number of rotatable bonds is 17. The summed E-state index contributed by atoms with van der Waals surface area (Å²) < 4.78 is 10.1. The van der Waals surface area contributed by atoms with Crippen molar-refractivity contribution in [2.45, 2.75) is 64.5 Å². The molecule has 0 aromatic carbocycles. The van der Waals surface area contributed by atoms with Crippen LogP contribution in [0, 0.1) is 0 Å². The predicted octanol–water partition coefficient (Wildman–Crippen LogP) is 3.84. The first-order valence-corrected chi connectivity index (χ1v) is 12.3. The molecule has 0 aliphatic carbocycles. The second-order valence-corrected chi connectivity index (χ2v) is 10.9. The van der Waals surface area contributed by atoms with E-state index in [1.54, 1.807) is 14.2 Å². The molecule has 0 aromatic heterocycles. The molecule has 0 bridgehead atoms. The van der Waals surface area contributed by atoms with Gasteiger partial charge in [0.25, 0.3) is 0 Å². The predicted molar refractivity (Wildman–Crippen MR) is 103 cm³/mol. The molecule has 0 fully saturated rings. The lowest BCUT2D eigenvalue weighted by atomic mass is 10.2. The minimum absolute atomic E-state index is 0.894. The third kappa shape index (κ3) is 17.8. The third-order valence-corrected chi connectivity index (χ3v) is 6.05. The summed E-state index contributed by atoms with van der Waals surface area (Å²) >= 11 is 0. The molecule has 2 N–H and O–H groups in total. The summed E-state index contributed by atoms with van der Waals surface area (Å²) in [6.45, 7) is 8.73. The maximum absolute atomic E-state index is 5.07. The Labute approximate surface area is 145 Å². The zero-order valence-corrected chi connectivity index (χ0v) is 17.0. The molecule has 0 spiro atoms. The van der Waals surface area contributed by atoms with Gasteiger partial charge >= 0.3 is 0 Å². The number of hydrogen-bond donors (Lipinski definition) is 2. The van der Waals surface area contributed by atoms with Gasteiger partial charge in [0, 0.05) is 34.0 Å². The van der Waals surface area contributed by atoms with Crippen LogP contribution in [0.25, 0.3) is 0 Å². The average molecular weight is 345 g/mol. The lowest BCUT2D eigenvalue weighted by Crippen LogP contribution is -2.43. The summed E-state index contributed by atoms with van der Waals surface area (Å²) in [4.78, 5) is 3.74. The van der Waals surface area contributed by atoms with Crippen molar-refractivity contribution < 1.29 is 9.47 Å². The van der Waals surface area contributed by atoms with Crippen molar-refractivity contribution in [2.24, 2.45) is 0 Å². The molecule has 0 heterocycles. The Balaban J connectivity index is 3.47. The minimum Gasteiger partial charge on any atom is -0.391 e. The van der Waals surface area contributed by atoms with E-state index in [0.717, 1.165) is 26.3 Å². The van der Waals surface area contributed by atoms with Gasteiger partial charge in [0.05, 0.1) is 0 Å². The first kappa shape index (κ1) is 22.6. The van der Waals surface area contributed by atoms with Gasteiger partial charge in [-0.1, -0.05) is 44.5 Å². The summed E-state index contributed by atoms with van der Waals surface area (Å²) in [6.07, 6.45) is 12.2. The van der Waals surface area contributed by atoms with Gasteiger partial charge in [0.1, 0.15) is 8.24 Å². The van der Waals surface area contributed by atoms with Crippen LogP contribution in [-0.2, 0) is 9.47 Å². The van der Waals surface area contributed by atoms with Gasteiger partial charge in [-0.2, -0.15) is 0 Å². The van der Waals surface area contributed by atoms with E-state index in [0.29, 0.717) is 0 Å². The van der Waals surface area contributed by atoms with Crippen molar-refractivity contribution in [2.75, 3.05) is 40.5 Å². The Bertz CT molecular complexity index is 274. The van der Waals surface area contributed by atoms with Crippen LogP contribution < -0.4 is 10.3 Å². The Kier molecular flexibility index (Phi) is 16.2. The van der Waals surface area contributed by atoms with Gasteiger partial charge in [-0.25, -0.2) is 0 Å². The normalized spacial score (nSPS) is 12.2. The van der Waals surface area contributed by atoms with Crippen LogP contribution in [0.4, 0.5) is 0 Å². The van der Waals surface area contributed by atoms with Crippen LogP contribution in [0.3, 0.4) is 0 Å². The van der Waals surface area contributed by atoms with Crippen molar-refractivity contribution in [3.63, 3.8) is 0 Å². The van der Waals surface area contributed by atoms with E-state index in [4.69, 9.17) is 9.47 Å². The summed E-state index contributed by atoms with van der Waals surface area (Å²) in [5.41, 5.74) is 2.36. The number of unbranched alkanes of at least 4 members (excludes halogenated alkanes) is 6. The Morgan fingerprint density at radius 1 is 0.739 bits per heavy atom. The second kappa shape index (κ2) is 16.5. The van der Waals surface area contributed by atoms with E-state index in [9.17, 15) is 0 Å². The molecular formula is C18H40N2O2Si. The molecule has 23 heavy (non-hydrogen) atoms. The average Bonchev–Trinajstić information content (AvgIpc) is 2.52. The number of methoxy groups -OCH3 is 2. The van der Waals surface area contributed by atoms with Crippen molar-refractivity contribution >= 4 is 8.24 Å². The Morgan fingerprint density at radius 3 is 1.83 bits per heavy atom. The van der Waals surface area contributed by atoms with E-state index in [-0.39, 0.29) is 0 Å². The molecular weight excluding hydrogens is 304 g/mol. The van der Waals surface area contributed by atoms with Gasteiger partial charge in [-0.3, -0.25) is 0 Å². The van der Waals surface area contributed by atoms with E-state index < -0.39 is 8.24 Å². The molecule has 4 nitrogen and oxygen atoms in total. The van der Waals surface area contributed by atoms with Crippen LogP contribution >= 0.6 is 0 Å². The van der Waals surface area contributed by atoms with Gasteiger partial charge < -0.3 is 19.8 Å². The molecule has 0 radical (unpaired) electrons. The first-order valence-electron chi connectivity index (χ1n) is 9.26. The summed E-state index contributed by atoms with van der Waals surface area (Å²) in [7, 11) is 2.15. The largest absolute Gasteiger partial charge is 0.391 e. The number of ether oxygens (including phenoxy) is 2. The highest BCUT2D eigenvalue weighted by Gasteiger charge is 2.15. The molecule has 0 atom stereocenters. The van der Waals surface area contributed by atoms with Crippen LogP contribution in [0.2, 0.25) is 13.1 Å². The van der Waals surface area contributed by atoms with Gasteiger partial charge in [-0.05, 0) is 38.4 Å². The SMILES string of the molecule is COCCCCCCNC=C[Si](C)(C)NCCCCCCOC. The van der Waals surface area contributed by atoms with E-state index in [1.807, 2.05) is 0 Å². The summed E-state index contributed by atoms with van der Waals surface area (Å²) in [5, 5.41) is 3.43. The fraction of sp³-hybridized carbons (Fsp3) is 0.889. The quantitative estimate of drug-likeness (QED) is 0.311. The molecule has 0 rings (SSSR count). The fourth-order valence-corrected chi connectivity index (χ4v) is 3.85. The molecule has 0 aliphatic heterocycles. The second-order valence-electron chi connectivity index (χ2n) is 6.75. The lowest BCUT2D eigenvalue weighted by Gasteiger charge is -2.19. The molecule has 138 valence electrons. The third-order valence-electron chi connectivity index (χ3n) is 3.89. The minimum atomic E-state index is -1.40. The van der Waals surface area contributed by atoms with E-state index in [1.165, 1.54) is 51.4 Å². The van der Waals surface area contributed by atoms with Crippen molar-refractivity contribution in [3.8, 4) is 0 Å². The van der Waals surface area contributed by atoms with Gasteiger partial charge in [0.15, 0.2) is 0 Å². The zero-order valence-electron chi connectivity index (χ0n) is 16.0. The zero-order chi connectivity index (χ0) is 17.2. The fourth-order valence-electron chi connectivity index (χ4n) is 2.37. The van der Waals surface area contributed by atoms with Crippen LogP contribution in [0.15, 0.2) is 11.9 Å². The molecule has 0 aromatic rings. The monoisotopic (exact) mass is 344 g/mol. The highest BCUT2D eigenvalue weighted by Crippen LogP contribution is 2.03. The highest BCUT2D eigenvalue weighted by atomic mass is 28.3. The lowest BCUT2D eigenvalue weighted by molar-refractivity contribution is 0.192. The number of hydrogen-bond acceptors (Lipinski definition) is 4. The van der Waals surface area contributed by atoms with E-state index >= 15 is 0 Å². The maximum Gasteiger partial charge on any atom is 0.145 e. The molecule has 0 saturated heterocycles. The van der Waals surface area contributed by atoms with Crippen molar-refractivity contribution in [1.29, 1.82) is 0 Å². The van der Waals surface area contributed by atoms with Gasteiger partial charge in [0.2, 0.25) is 0 Å². The van der Waals surface area contributed by atoms with Crippen molar-refractivity contribution in [1.82, 2.24) is 10.3 Å². The Hall–Kier alpha value is -0.363. The molecule has 0 amide bonds. The van der Waals surface area contributed by atoms with E-state index in [2.05, 4.69) is 35.3 Å². The topological polar surface area (TPSA) is 42.5 Å². The molecule has 0 unspecified atom stereocenters. The smallest absolute Gasteiger partial charge is 0.145 e. The van der Waals surface area contributed by atoms with Crippen LogP contribution in [0.1, 0.15) is 51.4 Å². The highest BCUT2D eigenvalue weighted by molar-refractivity contribution is 6.79. The van der Waals surface area contributed by atoms with Crippen LogP contribution in [0.5, 0.6) is 0 Å². The summed E-state index contributed by atoms with van der Waals surface area (Å²) in [5.74, 6) is 0. The first-order chi connectivity index (χ1) is 11.1. The standard InChI is InChI=1S/C18H40N2O2Si/c1-21-16-11-7-5-9-13-19-15-18-23(3,4)20-14-10-6-8-12-17-22-2/h15,18-20H,5-14,16-17H2,1-4H3. The number of nitrogens with one attached hydrogen (secondary N) is 2. The van der Waals surface area contributed by atoms with Crippen LogP contribution in [-0.4, -0.2) is 48.8 Å². The summed E-state index contributed by atoms with van der Waals surface area (Å²) in [6, 6.07) is 0. The molecule has 5 heteroatoms. The Morgan fingerprint density at radius 2 is 1.26 bits per heavy atom. The molecule has 0 aliphatic rings. The molecule has 0 saturated carbocycles. The maximum atomic E-state index is 5.07. The van der Waals surface area contributed by atoms with Gasteiger partial charge in [-0.15, -0.1) is 0 Å².